The van der Waals surface area contributed by atoms with Crippen LogP contribution in [-0.2, 0) is 6.42 Å². The third-order valence-corrected chi connectivity index (χ3v) is 2.25. The lowest BCUT2D eigenvalue weighted by Gasteiger charge is -2.18. The van der Waals surface area contributed by atoms with Crippen molar-refractivity contribution in [2.75, 3.05) is 11.9 Å². The summed E-state index contributed by atoms with van der Waals surface area (Å²) in [5.41, 5.74) is 2.12. The van der Waals surface area contributed by atoms with E-state index in [1.165, 1.54) is 0 Å². The summed E-state index contributed by atoms with van der Waals surface area (Å²) >= 11 is 0. The Bertz CT molecular complexity index is 326. The highest BCUT2D eigenvalue weighted by Gasteiger charge is 2.12. The van der Waals surface area contributed by atoms with Gasteiger partial charge in [-0.15, -0.1) is 0 Å². The van der Waals surface area contributed by atoms with Crippen molar-refractivity contribution in [2.45, 2.75) is 12.8 Å². The van der Waals surface area contributed by atoms with Gasteiger partial charge in [0.2, 0.25) is 0 Å². The predicted molar refractivity (Wildman–Crippen MR) is 49.7 cm³/mol. The van der Waals surface area contributed by atoms with Crippen LogP contribution < -0.4 is 16.1 Å². The van der Waals surface area contributed by atoms with Gasteiger partial charge in [-0.05, 0) is 24.5 Å². The van der Waals surface area contributed by atoms with Crippen molar-refractivity contribution in [1.82, 2.24) is 0 Å². The Morgan fingerprint density at radius 3 is 3.08 bits per heavy atom. The summed E-state index contributed by atoms with van der Waals surface area (Å²) in [4.78, 5) is 4.53. The van der Waals surface area contributed by atoms with Crippen LogP contribution in [0.4, 0.5) is 5.69 Å². The molecule has 4 heteroatoms. The molecule has 0 atom stereocenters. The van der Waals surface area contributed by atoms with E-state index in [1.54, 1.807) is 12.1 Å². The van der Waals surface area contributed by atoms with Gasteiger partial charge in [0.1, 0.15) is 0 Å². The zero-order chi connectivity index (χ0) is 9.26. The molecule has 70 valence electrons. The summed E-state index contributed by atoms with van der Waals surface area (Å²) in [7, 11) is 0. The molecule has 0 radical (unpaired) electrons. The molecule has 0 saturated carbocycles. The Morgan fingerprint density at radius 1 is 1.46 bits per heavy atom. The Kier molecular flexibility index (Phi) is 1.98. The van der Waals surface area contributed by atoms with Gasteiger partial charge < -0.3 is 15.3 Å². The third-order valence-electron chi connectivity index (χ3n) is 2.25. The van der Waals surface area contributed by atoms with Gasteiger partial charge in [0.25, 0.3) is 0 Å². The van der Waals surface area contributed by atoms with Gasteiger partial charge in [-0.25, -0.2) is 0 Å². The van der Waals surface area contributed by atoms with E-state index >= 15 is 0 Å². The van der Waals surface area contributed by atoms with E-state index in [1.807, 2.05) is 0 Å². The van der Waals surface area contributed by atoms with E-state index in [2.05, 4.69) is 10.2 Å². The average Bonchev–Trinajstić information content (AvgIpc) is 2.17. The number of hydrogen-bond donors (Lipinski definition) is 3. The molecule has 1 aliphatic rings. The first-order chi connectivity index (χ1) is 6.31. The number of phenolic OH excluding ortho intramolecular Hbond substituents is 1. The fourth-order valence-electron chi connectivity index (χ4n) is 1.58. The molecule has 0 unspecified atom stereocenters. The molecule has 0 saturated heterocycles. The van der Waals surface area contributed by atoms with E-state index in [4.69, 9.17) is 5.90 Å². The summed E-state index contributed by atoms with van der Waals surface area (Å²) in [5, 5.41) is 12.6. The van der Waals surface area contributed by atoms with Crippen molar-refractivity contribution in [3.8, 4) is 11.5 Å². The maximum Gasteiger partial charge on any atom is 0.188 e. The minimum absolute atomic E-state index is 0.0793. The minimum atomic E-state index is 0.0793. The molecule has 0 bridgehead atoms. The first kappa shape index (κ1) is 8.19. The standard InChI is InChI=1S/C9H12N2O2/c10-13-9-4-6-2-1-3-11-7(6)5-8(9)12/h4-5,11-12H,1-3,10H2. The molecule has 0 aliphatic carbocycles. The Hall–Kier alpha value is -1.42. The quantitative estimate of drug-likeness (QED) is 0.564. The van der Waals surface area contributed by atoms with Crippen LogP contribution in [0, 0.1) is 0 Å². The van der Waals surface area contributed by atoms with Crippen LogP contribution in [0.5, 0.6) is 11.5 Å². The van der Waals surface area contributed by atoms with Crippen molar-refractivity contribution >= 4 is 5.69 Å². The predicted octanol–water partition coefficient (Wildman–Crippen LogP) is 1.00. The first-order valence-corrected chi connectivity index (χ1v) is 4.28. The van der Waals surface area contributed by atoms with E-state index < -0.39 is 0 Å². The van der Waals surface area contributed by atoms with Crippen LogP contribution in [0.1, 0.15) is 12.0 Å². The van der Waals surface area contributed by atoms with Gasteiger partial charge >= 0.3 is 0 Å². The molecule has 1 aliphatic heterocycles. The van der Waals surface area contributed by atoms with Crippen molar-refractivity contribution < 1.29 is 9.94 Å². The average molecular weight is 180 g/mol. The number of rotatable bonds is 1. The lowest BCUT2D eigenvalue weighted by atomic mass is 10.0. The van der Waals surface area contributed by atoms with Crippen LogP contribution in [0.15, 0.2) is 12.1 Å². The minimum Gasteiger partial charge on any atom is -0.504 e. The van der Waals surface area contributed by atoms with Gasteiger partial charge in [-0.1, -0.05) is 0 Å². The van der Waals surface area contributed by atoms with Gasteiger partial charge in [0.05, 0.1) is 0 Å². The largest absolute Gasteiger partial charge is 0.504 e. The number of aromatic hydroxyl groups is 1. The van der Waals surface area contributed by atoms with Crippen LogP contribution in [0.25, 0.3) is 0 Å². The molecule has 2 rings (SSSR count). The maximum absolute atomic E-state index is 9.42. The van der Waals surface area contributed by atoms with Crippen molar-refractivity contribution in [3.63, 3.8) is 0 Å². The smallest absolute Gasteiger partial charge is 0.188 e. The Morgan fingerprint density at radius 2 is 2.31 bits per heavy atom. The number of fused-ring (bicyclic) bond motifs is 1. The van der Waals surface area contributed by atoms with Gasteiger partial charge in [0.15, 0.2) is 11.5 Å². The molecular weight excluding hydrogens is 168 g/mol. The SMILES string of the molecule is NOc1cc2c(cc1O)NCCC2. The summed E-state index contributed by atoms with van der Waals surface area (Å²) < 4.78 is 0. The molecule has 0 fully saturated rings. The second kappa shape index (κ2) is 3.14. The summed E-state index contributed by atoms with van der Waals surface area (Å²) in [6.45, 7) is 0.954. The Labute approximate surface area is 76.3 Å². The highest BCUT2D eigenvalue weighted by atomic mass is 16.6. The zero-order valence-electron chi connectivity index (χ0n) is 7.21. The van der Waals surface area contributed by atoms with Gasteiger partial charge in [-0.3, -0.25) is 0 Å². The van der Waals surface area contributed by atoms with Gasteiger partial charge in [0, 0.05) is 18.3 Å². The van der Waals surface area contributed by atoms with Crippen LogP contribution in [0.2, 0.25) is 0 Å². The Balaban J connectivity index is 2.44. The van der Waals surface area contributed by atoms with E-state index in [0.29, 0.717) is 5.75 Å². The number of hydrogen-bond acceptors (Lipinski definition) is 4. The molecule has 1 aromatic carbocycles. The van der Waals surface area contributed by atoms with Crippen LogP contribution >= 0.6 is 0 Å². The third kappa shape index (κ3) is 1.40. The molecule has 0 amide bonds. The van der Waals surface area contributed by atoms with Crippen LogP contribution in [0.3, 0.4) is 0 Å². The highest BCUT2D eigenvalue weighted by molar-refractivity contribution is 5.61. The van der Waals surface area contributed by atoms with E-state index in [-0.39, 0.29) is 5.75 Å². The zero-order valence-corrected chi connectivity index (χ0v) is 7.21. The molecule has 13 heavy (non-hydrogen) atoms. The number of phenols is 1. The topological polar surface area (TPSA) is 67.5 Å². The number of aryl methyl sites for hydroxylation is 1. The second-order valence-electron chi connectivity index (χ2n) is 3.13. The van der Waals surface area contributed by atoms with Crippen molar-refractivity contribution in [2.24, 2.45) is 5.90 Å². The lowest BCUT2D eigenvalue weighted by Crippen LogP contribution is -2.12. The van der Waals surface area contributed by atoms with Crippen LogP contribution in [-0.4, -0.2) is 11.7 Å². The molecule has 0 spiro atoms. The summed E-state index contributed by atoms with van der Waals surface area (Å²) in [5.74, 6) is 5.42. The number of benzene rings is 1. The second-order valence-corrected chi connectivity index (χ2v) is 3.13. The molecule has 0 aromatic heterocycles. The lowest BCUT2D eigenvalue weighted by molar-refractivity contribution is 0.312. The van der Waals surface area contributed by atoms with Crippen molar-refractivity contribution in [1.29, 1.82) is 0 Å². The molecule has 1 aromatic rings. The fourth-order valence-corrected chi connectivity index (χ4v) is 1.58. The fraction of sp³-hybridized carbons (Fsp3) is 0.333. The monoisotopic (exact) mass is 180 g/mol. The number of nitrogens with one attached hydrogen (secondary N) is 1. The molecule has 4 N–H and O–H groups in total. The molecular formula is C9H12N2O2. The van der Waals surface area contributed by atoms with Crippen molar-refractivity contribution in [3.05, 3.63) is 17.7 Å². The number of nitrogens with two attached hydrogens (primary N) is 1. The van der Waals surface area contributed by atoms with E-state index in [9.17, 15) is 5.11 Å². The molecule has 1 heterocycles. The highest BCUT2D eigenvalue weighted by Crippen LogP contribution is 2.34. The number of anilines is 1. The molecule has 4 nitrogen and oxygen atoms in total. The van der Waals surface area contributed by atoms with Gasteiger partial charge in [-0.2, -0.15) is 5.90 Å². The summed E-state index contributed by atoms with van der Waals surface area (Å²) in [6.07, 6.45) is 2.10. The maximum atomic E-state index is 9.42. The normalized spacial score (nSPS) is 14.5. The summed E-state index contributed by atoms with van der Waals surface area (Å²) in [6, 6.07) is 3.42. The first-order valence-electron chi connectivity index (χ1n) is 4.28. The van der Waals surface area contributed by atoms with E-state index in [0.717, 1.165) is 30.6 Å².